The van der Waals surface area contributed by atoms with Crippen molar-refractivity contribution in [2.24, 2.45) is 0 Å². The van der Waals surface area contributed by atoms with Crippen LogP contribution in [-0.2, 0) is 9.53 Å². The minimum Gasteiger partial charge on any atom is -0.458 e. The van der Waals surface area contributed by atoms with Crippen LogP contribution in [0.15, 0.2) is 108 Å². The summed E-state index contributed by atoms with van der Waals surface area (Å²) in [6, 6.07) is 21.4. The molecule has 1 aliphatic rings. The number of hydrogen-bond donors (Lipinski definition) is 1. The molecule has 7 heteroatoms. The number of pyridine rings is 1. The first-order valence-electron chi connectivity index (χ1n) is 11.7. The van der Waals surface area contributed by atoms with E-state index < -0.39 is 16.8 Å². The van der Waals surface area contributed by atoms with E-state index in [0.29, 0.717) is 22.5 Å². The van der Waals surface area contributed by atoms with Crippen molar-refractivity contribution in [3.63, 3.8) is 0 Å². The number of hydrogen-bond acceptors (Lipinski definition) is 6. The fourth-order valence-corrected chi connectivity index (χ4v) is 4.23. The summed E-state index contributed by atoms with van der Waals surface area (Å²) in [4.78, 5) is 28.9. The topological polar surface area (TPSA) is 94.4 Å². The van der Waals surface area contributed by atoms with Crippen LogP contribution in [0.2, 0.25) is 0 Å². The third-order valence-electron chi connectivity index (χ3n) is 5.84. The summed E-state index contributed by atoms with van der Waals surface area (Å²) in [6.07, 6.45) is 4.98. The predicted molar refractivity (Wildman–Crippen MR) is 142 cm³/mol. The molecule has 7 nitrogen and oxygen atoms in total. The smallest absolute Gasteiger partial charge is 0.337 e. The van der Waals surface area contributed by atoms with Crippen LogP contribution >= 0.6 is 0 Å². The van der Waals surface area contributed by atoms with Crippen molar-refractivity contribution in [1.29, 1.82) is 0 Å². The molecule has 37 heavy (non-hydrogen) atoms. The van der Waals surface area contributed by atoms with Gasteiger partial charge in [-0.05, 0) is 55.8 Å². The van der Waals surface area contributed by atoms with Gasteiger partial charge in [0.25, 0.3) is 5.69 Å². The normalized spacial score (nSPS) is 15.1. The van der Waals surface area contributed by atoms with Gasteiger partial charge in [0.05, 0.1) is 16.2 Å². The van der Waals surface area contributed by atoms with Crippen LogP contribution in [0.1, 0.15) is 36.6 Å². The highest BCUT2D eigenvalue weighted by Crippen LogP contribution is 2.43. The molecule has 2 aromatic carbocycles. The van der Waals surface area contributed by atoms with Gasteiger partial charge in [-0.15, -0.1) is 0 Å². The van der Waals surface area contributed by atoms with Crippen LogP contribution < -0.4 is 5.32 Å². The second kappa shape index (κ2) is 11.6. The third kappa shape index (κ3) is 6.00. The summed E-state index contributed by atoms with van der Waals surface area (Å²) in [5.41, 5.74) is 4.65. The van der Waals surface area contributed by atoms with Crippen LogP contribution in [0.5, 0.6) is 0 Å². The van der Waals surface area contributed by atoms with Crippen molar-refractivity contribution < 1.29 is 14.5 Å². The Morgan fingerprint density at radius 3 is 2.59 bits per heavy atom. The number of carbonyl (C=O) groups is 1. The number of allylic oxidation sites excluding steroid dienone is 4. The molecule has 4 rings (SSSR count). The summed E-state index contributed by atoms with van der Waals surface area (Å²) in [6.45, 7) is 3.72. The molecule has 1 unspecified atom stereocenters. The number of aromatic nitrogens is 1. The number of esters is 1. The van der Waals surface area contributed by atoms with Crippen molar-refractivity contribution >= 4 is 17.2 Å². The largest absolute Gasteiger partial charge is 0.458 e. The number of rotatable bonds is 6. The quantitative estimate of drug-likeness (QED) is 0.211. The van der Waals surface area contributed by atoms with Crippen LogP contribution in [0, 0.1) is 22.0 Å². The number of ether oxygens (including phenoxy) is 1. The van der Waals surface area contributed by atoms with Gasteiger partial charge < -0.3 is 10.1 Å². The number of benzene rings is 2. The lowest BCUT2D eigenvalue weighted by atomic mass is 9.79. The third-order valence-corrected chi connectivity index (χ3v) is 5.84. The van der Waals surface area contributed by atoms with E-state index in [1.54, 1.807) is 43.5 Å². The highest BCUT2D eigenvalue weighted by molar-refractivity contribution is 5.97. The van der Waals surface area contributed by atoms with Gasteiger partial charge in [-0.3, -0.25) is 15.1 Å². The van der Waals surface area contributed by atoms with Crippen LogP contribution in [0.3, 0.4) is 0 Å². The Bertz CT molecular complexity index is 1460. The summed E-state index contributed by atoms with van der Waals surface area (Å²) in [5.74, 6) is 4.80. The van der Waals surface area contributed by atoms with Crippen molar-refractivity contribution in [2.45, 2.75) is 19.8 Å². The molecule has 1 atom stereocenters. The summed E-state index contributed by atoms with van der Waals surface area (Å²) >= 11 is 0. The Morgan fingerprint density at radius 2 is 1.86 bits per heavy atom. The van der Waals surface area contributed by atoms with Gasteiger partial charge >= 0.3 is 5.97 Å². The Morgan fingerprint density at radius 1 is 1.08 bits per heavy atom. The zero-order chi connectivity index (χ0) is 26.2. The van der Waals surface area contributed by atoms with E-state index in [9.17, 15) is 14.9 Å². The summed E-state index contributed by atoms with van der Waals surface area (Å²) in [7, 11) is 0. The van der Waals surface area contributed by atoms with Crippen LogP contribution in [0.4, 0.5) is 5.69 Å². The van der Waals surface area contributed by atoms with E-state index in [1.165, 1.54) is 12.1 Å². The molecule has 0 aliphatic carbocycles. The molecule has 0 amide bonds. The molecule has 184 valence electrons. The Labute approximate surface area is 215 Å². The number of nitrogens with one attached hydrogen (secondary N) is 1. The molecule has 0 saturated heterocycles. The number of nitrogens with zero attached hydrogens (tertiary/aromatic N) is 2. The van der Waals surface area contributed by atoms with E-state index in [2.05, 4.69) is 22.1 Å². The maximum Gasteiger partial charge on any atom is 0.337 e. The zero-order valence-electron chi connectivity index (χ0n) is 20.5. The first-order chi connectivity index (χ1) is 18.0. The van der Waals surface area contributed by atoms with Gasteiger partial charge in [0.1, 0.15) is 6.61 Å². The maximum absolute atomic E-state index is 13.4. The molecule has 0 radical (unpaired) electrons. The lowest BCUT2D eigenvalue weighted by Gasteiger charge is -2.31. The first-order valence-corrected chi connectivity index (χ1v) is 11.7. The summed E-state index contributed by atoms with van der Waals surface area (Å²) in [5, 5.41) is 14.8. The molecule has 0 fully saturated rings. The van der Waals surface area contributed by atoms with Crippen molar-refractivity contribution in [3.05, 3.63) is 135 Å². The Kier molecular flexibility index (Phi) is 7.91. The van der Waals surface area contributed by atoms with Crippen molar-refractivity contribution in [3.8, 4) is 11.8 Å². The Balaban J connectivity index is 1.63. The molecular formula is C30H25N3O4. The molecule has 1 aromatic heterocycles. The van der Waals surface area contributed by atoms with E-state index in [1.807, 2.05) is 49.4 Å². The van der Waals surface area contributed by atoms with Gasteiger partial charge in [0.2, 0.25) is 0 Å². The highest BCUT2D eigenvalue weighted by atomic mass is 16.6. The number of nitro groups is 1. The molecule has 3 aromatic rings. The fourth-order valence-electron chi connectivity index (χ4n) is 4.23. The van der Waals surface area contributed by atoms with E-state index >= 15 is 0 Å². The van der Waals surface area contributed by atoms with Gasteiger partial charge in [-0.25, -0.2) is 4.79 Å². The highest BCUT2D eigenvalue weighted by Gasteiger charge is 2.35. The van der Waals surface area contributed by atoms with Crippen molar-refractivity contribution in [2.75, 3.05) is 6.61 Å². The molecular weight excluding hydrogens is 466 g/mol. The second-order valence-corrected chi connectivity index (χ2v) is 8.34. The lowest BCUT2D eigenvalue weighted by Crippen LogP contribution is -2.29. The monoisotopic (exact) mass is 491 g/mol. The molecule has 0 spiro atoms. The minimum atomic E-state index is -0.606. The SMILES string of the molecule is CC1=C(C(=O)OC/C=C/C#Cc2ccccc2)C(c2cccc([N+](=O)[O-])c2)C(c2ccccn2)=C(C)N1. The van der Waals surface area contributed by atoms with Crippen LogP contribution in [-0.4, -0.2) is 22.5 Å². The first kappa shape index (κ1) is 25.1. The van der Waals surface area contributed by atoms with Gasteiger partial charge in [-0.1, -0.05) is 48.2 Å². The maximum atomic E-state index is 13.4. The van der Waals surface area contributed by atoms with Gasteiger partial charge in [0.15, 0.2) is 0 Å². The number of nitro benzene ring substituents is 1. The van der Waals surface area contributed by atoms with Gasteiger partial charge in [-0.2, -0.15) is 0 Å². The zero-order valence-corrected chi connectivity index (χ0v) is 20.5. The minimum absolute atomic E-state index is 0.0301. The van der Waals surface area contributed by atoms with Crippen LogP contribution in [0.25, 0.3) is 5.57 Å². The predicted octanol–water partition coefficient (Wildman–Crippen LogP) is 5.53. The lowest BCUT2D eigenvalue weighted by molar-refractivity contribution is -0.384. The van der Waals surface area contributed by atoms with Crippen molar-refractivity contribution in [1.82, 2.24) is 10.3 Å². The van der Waals surface area contributed by atoms with Gasteiger partial charge in [0, 0.05) is 46.8 Å². The molecule has 1 N–H and O–H groups in total. The number of non-ortho nitro benzene ring substituents is 1. The molecule has 0 saturated carbocycles. The average Bonchev–Trinajstić information content (AvgIpc) is 2.91. The molecule has 0 bridgehead atoms. The standard InChI is InChI=1S/C30H25N3O4/c1-21-27(26-17-8-9-18-31-26)29(24-15-11-16-25(20-24)33(35)36)28(22(2)32-21)30(34)37-19-10-4-7-14-23-12-5-3-6-13-23/h3-6,8-13,15-18,20,29,32H,19H2,1-2H3/b10-4+. The Hall–Kier alpha value is -4.96. The van der Waals surface area contributed by atoms with E-state index in [-0.39, 0.29) is 12.3 Å². The van der Waals surface area contributed by atoms with E-state index in [4.69, 9.17) is 4.74 Å². The fraction of sp³-hybridized carbons (Fsp3) is 0.133. The average molecular weight is 492 g/mol. The number of dihydropyridines is 1. The molecule has 2 heterocycles. The number of carbonyl (C=O) groups excluding carboxylic acids is 1. The van der Waals surface area contributed by atoms with E-state index in [0.717, 1.165) is 16.8 Å². The summed E-state index contributed by atoms with van der Waals surface area (Å²) < 4.78 is 5.58. The molecule has 1 aliphatic heterocycles. The second-order valence-electron chi connectivity index (χ2n) is 8.34.